The summed E-state index contributed by atoms with van der Waals surface area (Å²) in [6, 6.07) is 3.88. The van der Waals surface area contributed by atoms with Crippen molar-refractivity contribution in [2.24, 2.45) is 5.73 Å². The second kappa shape index (κ2) is 6.31. The van der Waals surface area contributed by atoms with E-state index in [0.29, 0.717) is 31.9 Å². The molecule has 8 heteroatoms. The Morgan fingerprint density at radius 3 is 2.62 bits per heavy atom. The maximum atomic E-state index is 12.5. The van der Waals surface area contributed by atoms with E-state index in [1.165, 1.54) is 12.1 Å². The fraction of sp³-hybridized carbons (Fsp3) is 0.462. The predicted molar refractivity (Wildman–Crippen MR) is 72.9 cm³/mol. The van der Waals surface area contributed by atoms with E-state index in [1.807, 2.05) is 0 Å². The van der Waals surface area contributed by atoms with Crippen molar-refractivity contribution in [3.63, 3.8) is 0 Å². The number of halogens is 3. The van der Waals surface area contributed by atoms with Gasteiger partial charge in [-0.2, -0.15) is 13.2 Å². The normalized spacial score (nSPS) is 19.4. The molecule has 1 aliphatic rings. The Labute approximate surface area is 120 Å². The predicted octanol–water partition coefficient (Wildman–Crippen LogP) is 1.47. The highest BCUT2D eigenvalue weighted by Gasteiger charge is 2.30. The standard InChI is InChI=1S/C13H17F3N4O/c14-13(15,16)9-1-3-10(4-2-9)19-12(21)20-6-5-18-8-11(20)7-17/h1-4,11,18H,5-8,17H2,(H,19,21). The number of piperazine rings is 1. The van der Waals surface area contributed by atoms with Crippen LogP contribution in [0, 0.1) is 0 Å². The lowest BCUT2D eigenvalue weighted by Gasteiger charge is -2.35. The van der Waals surface area contributed by atoms with Crippen LogP contribution in [-0.4, -0.2) is 43.2 Å². The largest absolute Gasteiger partial charge is 0.416 e. The Hall–Kier alpha value is -1.80. The highest BCUT2D eigenvalue weighted by Crippen LogP contribution is 2.29. The molecule has 0 spiro atoms. The van der Waals surface area contributed by atoms with E-state index < -0.39 is 11.7 Å². The lowest BCUT2D eigenvalue weighted by molar-refractivity contribution is -0.137. The third-order valence-electron chi connectivity index (χ3n) is 3.35. The van der Waals surface area contributed by atoms with E-state index >= 15 is 0 Å². The summed E-state index contributed by atoms with van der Waals surface area (Å²) in [5, 5.41) is 5.72. The molecule has 1 fully saturated rings. The van der Waals surface area contributed by atoms with Gasteiger partial charge in [0.2, 0.25) is 0 Å². The second-order valence-corrected chi connectivity index (χ2v) is 4.79. The first-order valence-corrected chi connectivity index (χ1v) is 6.57. The molecule has 1 atom stereocenters. The molecule has 1 heterocycles. The molecular formula is C13H17F3N4O. The molecule has 21 heavy (non-hydrogen) atoms. The number of hydrogen-bond acceptors (Lipinski definition) is 3. The van der Waals surface area contributed by atoms with Crippen molar-refractivity contribution in [1.29, 1.82) is 0 Å². The molecule has 1 aromatic carbocycles. The first-order chi connectivity index (χ1) is 9.91. The molecule has 2 rings (SSSR count). The van der Waals surface area contributed by atoms with Crippen LogP contribution in [0.4, 0.5) is 23.7 Å². The van der Waals surface area contributed by atoms with E-state index in [-0.39, 0.29) is 12.1 Å². The summed E-state index contributed by atoms with van der Waals surface area (Å²) in [5.41, 5.74) is 5.18. The van der Waals surface area contributed by atoms with E-state index in [4.69, 9.17) is 5.73 Å². The van der Waals surface area contributed by atoms with E-state index in [0.717, 1.165) is 12.1 Å². The van der Waals surface area contributed by atoms with Crippen molar-refractivity contribution in [2.75, 3.05) is 31.5 Å². The number of alkyl halides is 3. The summed E-state index contributed by atoms with van der Waals surface area (Å²) in [6.45, 7) is 2.11. The number of hydrogen-bond donors (Lipinski definition) is 3. The second-order valence-electron chi connectivity index (χ2n) is 4.79. The number of benzene rings is 1. The molecule has 4 N–H and O–H groups in total. The maximum absolute atomic E-state index is 12.5. The number of nitrogens with one attached hydrogen (secondary N) is 2. The van der Waals surface area contributed by atoms with E-state index in [2.05, 4.69) is 10.6 Å². The van der Waals surface area contributed by atoms with Gasteiger partial charge in [0, 0.05) is 31.9 Å². The van der Waals surface area contributed by atoms with Crippen LogP contribution in [0.2, 0.25) is 0 Å². The minimum Gasteiger partial charge on any atom is -0.328 e. The Morgan fingerprint density at radius 2 is 2.05 bits per heavy atom. The number of carbonyl (C=O) groups excluding carboxylic acids is 1. The zero-order valence-corrected chi connectivity index (χ0v) is 11.3. The van der Waals surface area contributed by atoms with Gasteiger partial charge in [-0.05, 0) is 24.3 Å². The Morgan fingerprint density at radius 1 is 1.38 bits per heavy atom. The maximum Gasteiger partial charge on any atom is 0.416 e. The van der Waals surface area contributed by atoms with Crippen molar-refractivity contribution < 1.29 is 18.0 Å². The number of nitrogens with two attached hydrogens (primary N) is 1. The molecule has 2 amide bonds. The zero-order valence-electron chi connectivity index (χ0n) is 11.3. The molecule has 1 unspecified atom stereocenters. The monoisotopic (exact) mass is 302 g/mol. The van der Waals surface area contributed by atoms with Gasteiger partial charge in [-0.15, -0.1) is 0 Å². The van der Waals surface area contributed by atoms with Crippen molar-refractivity contribution >= 4 is 11.7 Å². The smallest absolute Gasteiger partial charge is 0.328 e. The molecule has 0 radical (unpaired) electrons. The Balaban J connectivity index is 2.02. The first-order valence-electron chi connectivity index (χ1n) is 6.57. The molecule has 0 bridgehead atoms. The summed E-state index contributed by atoms with van der Waals surface area (Å²) in [5.74, 6) is 0. The fourth-order valence-electron chi connectivity index (χ4n) is 2.18. The molecule has 1 saturated heterocycles. The van der Waals surface area contributed by atoms with Crippen LogP contribution in [0.5, 0.6) is 0 Å². The molecular weight excluding hydrogens is 285 g/mol. The minimum atomic E-state index is -4.38. The number of rotatable bonds is 2. The number of anilines is 1. The summed E-state index contributed by atoms with van der Waals surface area (Å²) >= 11 is 0. The molecule has 0 aromatic heterocycles. The van der Waals surface area contributed by atoms with Gasteiger partial charge in [-0.1, -0.05) is 0 Å². The average molecular weight is 302 g/mol. The number of amides is 2. The summed E-state index contributed by atoms with van der Waals surface area (Å²) in [4.78, 5) is 13.7. The van der Waals surface area contributed by atoms with Crippen LogP contribution in [0.15, 0.2) is 24.3 Å². The van der Waals surface area contributed by atoms with Gasteiger partial charge >= 0.3 is 12.2 Å². The zero-order chi connectivity index (χ0) is 15.5. The van der Waals surface area contributed by atoms with Gasteiger partial charge in [0.05, 0.1) is 11.6 Å². The SMILES string of the molecule is NCC1CNCCN1C(=O)Nc1ccc(C(F)(F)F)cc1. The lowest BCUT2D eigenvalue weighted by Crippen LogP contribution is -2.57. The van der Waals surface area contributed by atoms with E-state index in [9.17, 15) is 18.0 Å². The van der Waals surface area contributed by atoms with Crippen LogP contribution in [-0.2, 0) is 6.18 Å². The van der Waals surface area contributed by atoms with E-state index in [1.54, 1.807) is 4.90 Å². The van der Waals surface area contributed by atoms with Gasteiger partial charge in [-0.3, -0.25) is 0 Å². The number of carbonyl (C=O) groups is 1. The minimum absolute atomic E-state index is 0.117. The molecule has 1 aromatic rings. The summed E-state index contributed by atoms with van der Waals surface area (Å²) in [7, 11) is 0. The van der Waals surface area contributed by atoms with Crippen molar-refractivity contribution in [3.8, 4) is 0 Å². The Kier molecular flexibility index (Phi) is 4.69. The van der Waals surface area contributed by atoms with Gasteiger partial charge in [0.1, 0.15) is 0 Å². The highest BCUT2D eigenvalue weighted by atomic mass is 19.4. The fourth-order valence-corrected chi connectivity index (χ4v) is 2.18. The molecule has 5 nitrogen and oxygen atoms in total. The molecule has 0 saturated carbocycles. The third-order valence-corrected chi connectivity index (χ3v) is 3.35. The van der Waals surface area contributed by atoms with Crippen LogP contribution in [0.3, 0.4) is 0 Å². The molecule has 1 aliphatic heterocycles. The summed E-state index contributed by atoms with van der Waals surface area (Å²) < 4.78 is 37.4. The topological polar surface area (TPSA) is 70.4 Å². The first kappa shape index (κ1) is 15.6. The number of urea groups is 1. The number of nitrogens with zero attached hydrogens (tertiary/aromatic N) is 1. The van der Waals surface area contributed by atoms with Gasteiger partial charge in [0.25, 0.3) is 0 Å². The van der Waals surface area contributed by atoms with Gasteiger partial charge in [-0.25, -0.2) is 4.79 Å². The summed E-state index contributed by atoms with van der Waals surface area (Å²) in [6.07, 6.45) is -4.38. The van der Waals surface area contributed by atoms with Crippen LogP contribution < -0.4 is 16.4 Å². The van der Waals surface area contributed by atoms with Crippen LogP contribution in [0.25, 0.3) is 0 Å². The van der Waals surface area contributed by atoms with Crippen LogP contribution >= 0.6 is 0 Å². The highest BCUT2D eigenvalue weighted by molar-refractivity contribution is 5.89. The average Bonchev–Trinajstić information content (AvgIpc) is 2.46. The Bertz CT molecular complexity index is 489. The molecule has 0 aliphatic carbocycles. The quantitative estimate of drug-likeness (QED) is 0.775. The van der Waals surface area contributed by atoms with Gasteiger partial charge < -0.3 is 21.3 Å². The van der Waals surface area contributed by atoms with Crippen molar-refractivity contribution in [3.05, 3.63) is 29.8 Å². The lowest BCUT2D eigenvalue weighted by atomic mass is 10.2. The molecule has 116 valence electrons. The van der Waals surface area contributed by atoms with Gasteiger partial charge in [0.15, 0.2) is 0 Å². The van der Waals surface area contributed by atoms with Crippen molar-refractivity contribution in [1.82, 2.24) is 10.2 Å². The third kappa shape index (κ3) is 3.85. The van der Waals surface area contributed by atoms with Crippen LogP contribution in [0.1, 0.15) is 5.56 Å². The van der Waals surface area contributed by atoms with Crippen molar-refractivity contribution in [2.45, 2.75) is 12.2 Å².